The van der Waals surface area contributed by atoms with Gasteiger partial charge in [-0.1, -0.05) is 11.8 Å². The molecule has 12 heavy (non-hydrogen) atoms. The van der Waals surface area contributed by atoms with Crippen molar-refractivity contribution in [3.8, 4) is 11.8 Å². The molecule has 0 fully saturated rings. The summed E-state index contributed by atoms with van der Waals surface area (Å²) in [5, 5.41) is 0. The van der Waals surface area contributed by atoms with Crippen molar-refractivity contribution in [1.82, 2.24) is 4.98 Å². The molecule has 60 valence electrons. The molecular formula is C9H8N2O. The molecule has 0 atom stereocenters. The zero-order valence-electron chi connectivity index (χ0n) is 6.45. The van der Waals surface area contributed by atoms with E-state index >= 15 is 0 Å². The highest BCUT2D eigenvalue weighted by atomic mass is 16.1. The van der Waals surface area contributed by atoms with Crippen molar-refractivity contribution in [3.05, 3.63) is 29.6 Å². The van der Waals surface area contributed by atoms with E-state index < -0.39 is 0 Å². The lowest BCUT2D eigenvalue weighted by Crippen LogP contribution is -1.94. The average molecular weight is 160 g/mol. The van der Waals surface area contributed by atoms with Gasteiger partial charge in [0.15, 0.2) is 6.29 Å². The summed E-state index contributed by atoms with van der Waals surface area (Å²) in [6.45, 7) is 0.285. The number of aromatic nitrogens is 1. The fourth-order valence-corrected chi connectivity index (χ4v) is 0.759. The second-order valence-electron chi connectivity index (χ2n) is 2.09. The first-order valence-electron chi connectivity index (χ1n) is 3.46. The normalized spacial score (nSPS) is 8.42. The van der Waals surface area contributed by atoms with Gasteiger partial charge in [0, 0.05) is 18.0 Å². The van der Waals surface area contributed by atoms with Crippen molar-refractivity contribution < 1.29 is 4.79 Å². The van der Waals surface area contributed by atoms with Gasteiger partial charge >= 0.3 is 0 Å². The van der Waals surface area contributed by atoms with E-state index in [2.05, 4.69) is 16.8 Å². The minimum atomic E-state index is 0.285. The number of hydrogen-bond acceptors (Lipinski definition) is 3. The van der Waals surface area contributed by atoms with E-state index in [0.29, 0.717) is 11.1 Å². The highest BCUT2D eigenvalue weighted by Crippen LogP contribution is 2.00. The van der Waals surface area contributed by atoms with Crippen LogP contribution in [0.15, 0.2) is 18.5 Å². The lowest BCUT2D eigenvalue weighted by atomic mass is 10.1. The molecule has 1 heterocycles. The SMILES string of the molecule is NCC#Cc1cnccc1C=O. The number of hydrogen-bond donors (Lipinski definition) is 1. The first-order chi connectivity index (χ1) is 5.88. The van der Waals surface area contributed by atoms with Gasteiger partial charge < -0.3 is 5.73 Å². The molecule has 2 N–H and O–H groups in total. The first-order valence-corrected chi connectivity index (χ1v) is 3.46. The van der Waals surface area contributed by atoms with Crippen LogP contribution in [0.5, 0.6) is 0 Å². The van der Waals surface area contributed by atoms with Crippen molar-refractivity contribution in [3.63, 3.8) is 0 Å². The summed E-state index contributed by atoms with van der Waals surface area (Å²) in [5.41, 5.74) is 6.36. The van der Waals surface area contributed by atoms with Gasteiger partial charge in [0.05, 0.1) is 12.1 Å². The third-order valence-electron chi connectivity index (χ3n) is 1.31. The maximum absolute atomic E-state index is 10.5. The molecule has 1 rings (SSSR count). The molecule has 1 aromatic heterocycles. The molecule has 0 amide bonds. The summed E-state index contributed by atoms with van der Waals surface area (Å²) in [5.74, 6) is 5.41. The molecule has 3 heteroatoms. The Labute approximate surface area is 70.6 Å². The molecule has 1 aromatic rings. The molecule has 0 saturated heterocycles. The van der Waals surface area contributed by atoms with Crippen LogP contribution in [0, 0.1) is 11.8 Å². The third-order valence-corrected chi connectivity index (χ3v) is 1.31. The molecule has 0 aliphatic heterocycles. The van der Waals surface area contributed by atoms with Crippen molar-refractivity contribution in [1.29, 1.82) is 0 Å². The highest BCUT2D eigenvalue weighted by molar-refractivity contribution is 5.78. The second-order valence-corrected chi connectivity index (χ2v) is 2.09. The predicted octanol–water partition coefficient (Wildman–Crippen LogP) is 0.204. The summed E-state index contributed by atoms with van der Waals surface area (Å²) in [4.78, 5) is 14.3. The zero-order chi connectivity index (χ0) is 8.81. The van der Waals surface area contributed by atoms with Crippen molar-refractivity contribution in [2.24, 2.45) is 5.73 Å². The molecule has 0 saturated carbocycles. The number of carbonyl (C=O) groups is 1. The number of carbonyl (C=O) groups excluding carboxylic acids is 1. The second kappa shape index (κ2) is 4.27. The number of rotatable bonds is 1. The Kier molecular flexibility index (Phi) is 3.00. The topological polar surface area (TPSA) is 56.0 Å². The standard InChI is InChI=1S/C9H8N2O/c10-4-1-2-8-6-11-5-3-9(8)7-12/h3,5-7H,4,10H2. The van der Waals surface area contributed by atoms with Crippen molar-refractivity contribution in [2.45, 2.75) is 0 Å². The molecule has 0 radical (unpaired) electrons. The van der Waals surface area contributed by atoms with Gasteiger partial charge in [0.2, 0.25) is 0 Å². The van der Waals surface area contributed by atoms with E-state index in [1.165, 1.54) is 0 Å². The van der Waals surface area contributed by atoms with Crippen LogP contribution in [0.1, 0.15) is 15.9 Å². The summed E-state index contributed by atoms with van der Waals surface area (Å²) in [6, 6.07) is 1.62. The number of pyridine rings is 1. The largest absolute Gasteiger partial charge is 0.320 e. The lowest BCUT2D eigenvalue weighted by molar-refractivity contribution is 0.112. The minimum Gasteiger partial charge on any atom is -0.320 e. The molecular weight excluding hydrogens is 152 g/mol. The Balaban J connectivity index is 3.05. The van der Waals surface area contributed by atoms with Gasteiger partial charge in [-0.3, -0.25) is 9.78 Å². The van der Waals surface area contributed by atoms with Crippen molar-refractivity contribution >= 4 is 6.29 Å². The van der Waals surface area contributed by atoms with Gasteiger partial charge in [-0.05, 0) is 6.07 Å². The molecule has 0 aromatic carbocycles. The van der Waals surface area contributed by atoms with Crippen LogP contribution in [0.4, 0.5) is 0 Å². The molecule has 0 aliphatic rings. The van der Waals surface area contributed by atoms with Crippen LogP contribution in [0.3, 0.4) is 0 Å². The van der Waals surface area contributed by atoms with Gasteiger partial charge in [-0.25, -0.2) is 0 Å². The molecule has 3 nitrogen and oxygen atoms in total. The van der Waals surface area contributed by atoms with E-state index in [1.54, 1.807) is 18.5 Å². The quantitative estimate of drug-likeness (QED) is 0.471. The van der Waals surface area contributed by atoms with Gasteiger partial charge in [-0.2, -0.15) is 0 Å². The molecule has 0 bridgehead atoms. The summed E-state index contributed by atoms with van der Waals surface area (Å²) < 4.78 is 0. The maximum atomic E-state index is 10.5. The smallest absolute Gasteiger partial charge is 0.151 e. The van der Waals surface area contributed by atoms with Crippen LogP contribution in [0.2, 0.25) is 0 Å². The van der Waals surface area contributed by atoms with Gasteiger partial charge in [0.25, 0.3) is 0 Å². The number of nitrogens with zero attached hydrogens (tertiary/aromatic N) is 1. The fraction of sp³-hybridized carbons (Fsp3) is 0.111. The van der Waals surface area contributed by atoms with E-state index in [4.69, 9.17) is 5.73 Å². The van der Waals surface area contributed by atoms with E-state index in [1.807, 2.05) is 0 Å². The molecule has 0 unspecified atom stereocenters. The fourth-order valence-electron chi connectivity index (χ4n) is 0.759. The Morgan fingerprint density at radius 3 is 3.17 bits per heavy atom. The highest BCUT2D eigenvalue weighted by Gasteiger charge is 1.95. The lowest BCUT2D eigenvalue weighted by Gasteiger charge is -1.92. The monoisotopic (exact) mass is 160 g/mol. The Morgan fingerprint density at radius 1 is 1.67 bits per heavy atom. The Hall–Kier alpha value is -1.66. The Bertz CT molecular complexity index is 336. The van der Waals surface area contributed by atoms with E-state index in [-0.39, 0.29) is 6.54 Å². The molecule has 0 aliphatic carbocycles. The summed E-state index contributed by atoms with van der Waals surface area (Å²) in [7, 11) is 0. The minimum absolute atomic E-state index is 0.285. The van der Waals surface area contributed by atoms with Crippen LogP contribution in [-0.4, -0.2) is 17.8 Å². The van der Waals surface area contributed by atoms with E-state index in [9.17, 15) is 4.79 Å². The van der Waals surface area contributed by atoms with Gasteiger partial charge in [0.1, 0.15) is 0 Å². The van der Waals surface area contributed by atoms with Gasteiger partial charge in [-0.15, -0.1) is 0 Å². The van der Waals surface area contributed by atoms with Crippen LogP contribution in [0.25, 0.3) is 0 Å². The Morgan fingerprint density at radius 2 is 2.50 bits per heavy atom. The van der Waals surface area contributed by atoms with Crippen molar-refractivity contribution in [2.75, 3.05) is 6.54 Å². The summed E-state index contributed by atoms with van der Waals surface area (Å²) >= 11 is 0. The maximum Gasteiger partial charge on any atom is 0.151 e. The predicted molar refractivity (Wildman–Crippen MR) is 45.6 cm³/mol. The van der Waals surface area contributed by atoms with Crippen LogP contribution < -0.4 is 5.73 Å². The number of aldehydes is 1. The average Bonchev–Trinajstić information content (AvgIpc) is 2.15. The molecule has 0 spiro atoms. The van der Waals surface area contributed by atoms with E-state index in [0.717, 1.165) is 6.29 Å². The summed E-state index contributed by atoms with van der Waals surface area (Å²) in [6.07, 6.45) is 3.85. The first kappa shape index (κ1) is 8.44. The number of nitrogens with two attached hydrogens (primary N) is 1. The van der Waals surface area contributed by atoms with Crippen LogP contribution >= 0.6 is 0 Å². The van der Waals surface area contributed by atoms with Crippen LogP contribution in [-0.2, 0) is 0 Å². The third kappa shape index (κ3) is 1.91. The zero-order valence-corrected chi connectivity index (χ0v) is 6.45.